The minimum absolute atomic E-state index is 0.143. The molecular weight excluding hydrogens is 170 g/mol. The van der Waals surface area contributed by atoms with Gasteiger partial charge in [-0.05, 0) is 12.8 Å². The van der Waals surface area contributed by atoms with Crippen LogP contribution in [0.2, 0.25) is 0 Å². The lowest BCUT2D eigenvalue weighted by Gasteiger charge is -2.01. The molecule has 0 spiro atoms. The number of aliphatic hydroxyl groups excluding tert-OH is 1. The molecule has 2 rings (SSSR count). The first-order valence-electron chi connectivity index (χ1n) is 4.45. The number of nitrogens with zero attached hydrogens (tertiary/aromatic N) is 1. The number of hydrogen-bond acceptors (Lipinski definition) is 3. The molecule has 0 amide bonds. The Morgan fingerprint density at radius 3 is 2.83 bits per heavy atom. The molecular formula is C9H13NOS. The lowest BCUT2D eigenvalue weighted by molar-refractivity contribution is 0.285. The predicted molar refractivity (Wildman–Crippen MR) is 49.2 cm³/mol. The van der Waals surface area contributed by atoms with Gasteiger partial charge in [-0.1, -0.05) is 12.8 Å². The van der Waals surface area contributed by atoms with Crippen molar-refractivity contribution >= 4 is 11.3 Å². The van der Waals surface area contributed by atoms with Gasteiger partial charge >= 0.3 is 0 Å². The van der Waals surface area contributed by atoms with E-state index in [1.165, 1.54) is 30.7 Å². The van der Waals surface area contributed by atoms with E-state index in [0.29, 0.717) is 5.92 Å². The van der Waals surface area contributed by atoms with Crippen molar-refractivity contribution in [2.45, 2.75) is 38.2 Å². The summed E-state index contributed by atoms with van der Waals surface area (Å²) in [5, 5.41) is 10.1. The molecule has 0 aromatic carbocycles. The van der Waals surface area contributed by atoms with E-state index in [4.69, 9.17) is 5.11 Å². The maximum Gasteiger partial charge on any atom is 0.0959 e. The molecule has 12 heavy (non-hydrogen) atoms. The van der Waals surface area contributed by atoms with Gasteiger partial charge in [0, 0.05) is 12.1 Å². The Labute approximate surface area is 76.3 Å². The van der Waals surface area contributed by atoms with Crippen LogP contribution < -0.4 is 0 Å². The third-order valence-electron chi connectivity index (χ3n) is 2.43. The van der Waals surface area contributed by atoms with E-state index in [1.54, 1.807) is 17.5 Å². The van der Waals surface area contributed by atoms with Crippen LogP contribution in [0.1, 0.15) is 41.5 Å². The fourth-order valence-corrected chi connectivity index (χ4v) is 2.70. The Morgan fingerprint density at radius 1 is 1.50 bits per heavy atom. The van der Waals surface area contributed by atoms with Gasteiger partial charge in [0.2, 0.25) is 0 Å². The summed E-state index contributed by atoms with van der Waals surface area (Å²) in [5.41, 5.74) is 0. The zero-order valence-corrected chi connectivity index (χ0v) is 7.81. The highest BCUT2D eigenvalue weighted by atomic mass is 32.1. The summed E-state index contributed by atoms with van der Waals surface area (Å²) in [5.74, 6) is 0.690. The average molecular weight is 183 g/mol. The predicted octanol–water partition coefficient (Wildman–Crippen LogP) is 2.29. The molecule has 1 fully saturated rings. The molecule has 1 heterocycles. The number of aromatic nitrogens is 1. The van der Waals surface area contributed by atoms with Crippen molar-refractivity contribution in [3.63, 3.8) is 0 Å². The second kappa shape index (κ2) is 3.54. The van der Waals surface area contributed by atoms with Gasteiger partial charge in [0.05, 0.1) is 16.5 Å². The van der Waals surface area contributed by atoms with E-state index in [2.05, 4.69) is 4.98 Å². The van der Waals surface area contributed by atoms with E-state index < -0.39 is 0 Å². The highest BCUT2D eigenvalue weighted by molar-refractivity contribution is 7.11. The molecule has 0 saturated heterocycles. The van der Waals surface area contributed by atoms with Crippen LogP contribution in [0, 0.1) is 0 Å². The number of aliphatic hydroxyl groups is 1. The Kier molecular flexibility index (Phi) is 2.42. The molecule has 1 aromatic rings. The van der Waals surface area contributed by atoms with Gasteiger partial charge < -0.3 is 5.11 Å². The number of rotatable bonds is 2. The summed E-state index contributed by atoms with van der Waals surface area (Å²) >= 11 is 1.67. The molecule has 1 aliphatic carbocycles. The SMILES string of the molecule is OCc1cnc(C2CCCC2)s1. The van der Waals surface area contributed by atoms with Crippen molar-refractivity contribution in [1.82, 2.24) is 4.98 Å². The highest BCUT2D eigenvalue weighted by Gasteiger charge is 2.19. The van der Waals surface area contributed by atoms with Crippen LogP contribution in [0.5, 0.6) is 0 Å². The van der Waals surface area contributed by atoms with Crippen molar-refractivity contribution in [3.8, 4) is 0 Å². The summed E-state index contributed by atoms with van der Waals surface area (Å²) in [4.78, 5) is 5.32. The van der Waals surface area contributed by atoms with Gasteiger partial charge in [0.25, 0.3) is 0 Å². The highest BCUT2D eigenvalue weighted by Crippen LogP contribution is 2.35. The molecule has 0 atom stereocenters. The van der Waals surface area contributed by atoms with Crippen LogP contribution in [-0.4, -0.2) is 10.1 Å². The lowest BCUT2D eigenvalue weighted by Crippen LogP contribution is -1.88. The molecule has 1 N–H and O–H groups in total. The first-order chi connectivity index (χ1) is 5.90. The summed E-state index contributed by atoms with van der Waals surface area (Å²) in [7, 11) is 0. The topological polar surface area (TPSA) is 33.1 Å². The summed E-state index contributed by atoms with van der Waals surface area (Å²) < 4.78 is 0. The molecule has 2 nitrogen and oxygen atoms in total. The third kappa shape index (κ3) is 1.52. The number of thiazole rings is 1. The molecule has 66 valence electrons. The monoisotopic (exact) mass is 183 g/mol. The van der Waals surface area contributed by atoms with Gasteiger partial charge in [-0.3, -0.25) is 0 Å². The molecule has 1 aromatic heterocycles. The summed E-state index contributed by atoms with van der Waals surface area (Å²) in [6.45, 7) is 0.143. The maximum absolute atomic E-state index is 8.86. The minimum Gasteiger partial charge on any atom is -0.391 e. The fraction of sp³-hybridized carbons (Fsp3) is 0.667. The van der Waals surface area contributed by atoms with E-state index in [0.717, 1.165) is 4.88 Å². The van der Waals surface area contributed by atoms with Crippen LogP contribution in [0.3, 0.4) is 0 Å². The number of hydrogen-bond donors (Lipinski definition) is 1. The second-order valence-electron chi connectivity index (χ2n) is 3.30. The van der Waals surface area contributed by atoms with Crippen molar-refractivity contribution in [1.29, 1.82) is 0 Å². The van der Waals surface area contributed by atoms with Crippen LogP contribution in [0.25, 0.3) is 0 Å². The van der Waals surface area contributed by atoms with Crippen molar-refractivity contribution < 1.29 is 5.11 Å². The van der Waals surface area contributed by atoms with Crippen LogP contribution in [0.15, 0.2) is 6.20 Å². The van der Waals surface area contributed by atoms with Gasteiger partial charge in [-0.15, -0.1) is 11.3 Å². The van der Waals surface area contributed by atoms with Gasteiger partial charge in [0.15, 0.2) is 0 Å². The van der Waals surface area contributed by atoms with Crippen molar-refractivity contribution in [2.24, 2.45) is 0 Å². The first kappa shape index (κ1) is 8.20. The standard InChI is InChI=1S/C9H13NOS/c11-6-8-5-10-9(12-8)7-3-1-2-4-7/h5,7,11H,1-4,6H2. The Morgan fingerprint density at radius 2 is 2.25 bits per heavy atom. The molecule has 3 heteroatoms. The van der Waals surface area contributed by atoms with Gasteiger partial charge in [0.1, 0.15) is 0 Å². The molecule has 1 aliphatic rings. The van der Waals surface area contributed by atoms with Crippen LogP contribution in [-0.2, 0) is 6.61 Å². The zero-order valence-electron chi connectivity index (χ0n) is 6.99. The van der Waals surface area contributed by atoms with E-state index >= 15 is 0 Å². The Bertz CT molecular complexity index is 253. The van der Waals surface area contributed by atoms with E-state index in [-0.39, 0.29) is 6.61 Å². The Balaban J connectivity index is 2.11. The van der Waals surface area contributed by atoms with Crippen LogP contribution in [0.4, 0.5) is 0 Å². The molecule has 0 radical (unpaired) electrons. The van der Waals surface area contributed by atoms with Crippen molar-refractivity contribution in [3.05, 3.63) is 16.1 Å². The van der Waals surface area contributed by atoms with E-state index in [1.807, 2.05) is 0 Å². The smallest absolute Gasteiger partial charge is 0.0959 e. The summed E-state index contributed by atoms with van der Waals surface area (Å²) in [6, 6.07) is 0. The molecule has 0 aliphatic heterocycles. The maximum atomic E-state index is 8.86. The minimum atomic E-state index is 0.143. The second-order valence-corrected chi connectivity index (χ2v) is 4.45. The lowest BCUT2D eigenvalue weighted by atomic mass is 10.1. The zero-order chi connectivity index (χ0) is 8.39. The largest absolute Gasteiger partial charge is 0.391 e. The molecule has 0 unspecified atom stereocenters. The first-order valence-corrected chi connectivity index (χ1v) is 5.27. The van der Waals surface area contributed by atoms with Gasteiger partial charge in [-0.2, -0.15) is 0 Å². The molecule has 0 bridgehead atoms. The molecule has 1 saturated carbocycles. The quantitative estimate of drug-likeness (QED) is 0.763. The average Bonchev–Trinajstić information content (AvgIpc) is 2.75. The van der Waals surface area contributed by atoms with Gasteiger partial charge in [-0.25, -0.2) is 4.98 Å². The normalized spacial score (nSPS) is 18.8. The third-order valence-corrected chi connectivity index (χ3v) is 3.58. The van der Waals surface area contributed by atoms with Crippen LogP contribution >= 0.6 is 11.3 Å². The Hall–Kier alpha value is -0.410. The van der Waals surface area contributed by atoms with E-state index in [9.17, 15) is 0 Å². The fourth-order valence-electron chi connectivity index (χ4n) is 1.76. The van der Waals surface area contributed by atoms with Crippen molar-refractivity contribution in [2.75, 3.05) is 0 Å². The summed E-state index contributed by atoms with van der Waals surface area (Å²) in [6.07, 6.45) is 7.08.